The van der Waals surface area contributed by atoms with Crippen molar-refractivity contribution in [2.24, 2.45) is 17.1 Å². The molecule has 0 aliphatic carbocycles. The molecule has 1 aliphatic rings. The highest BCUT2D eigenvalue weighted by Gasteiger charge is 2.31. The summed E-state index contributed by atoms with van der Waals surface area (Å²) in [6.07, 6.45) is 4.57. The Morgan fingerprint density at radius 1 is 1.22 bits per heavy atom. The molecule has 1 aliphatic heterocycles. The maximum atomic E-state index is 9.09. The summed E-state index contributed by atoms with van der Waals surface area (Å²) in [6.45, 7) is 12.8. The van der Waals surface area contributed by atoms with Crippen LogP contribution in [0.3, 0.4) is 0 Å². The third-order valence-corrected chi connectivity index (χ3v) is 4.33. The van der Waals surface area contributed by atoms with E-state index in [-0.39, 0.29) is 12.1 Å². The largest absolute Gasteiger partial charge is 0.394 e. The molecule has 2 atom stereocenters. The summed E-state index contributed by atoms with van der Waals surface area (Å²) in [5.74, 6) is 0.842. The SMILES string of the molecule is CC(N)(CO)CCCCN1CCC(C(C)(C)C)C1. The normalized spacial score (nSPS) is 25.3. The third kappa shape index (κ3) is 5.25. The fraction of sp³-hybridized carbons (Fsp3) is 1.00. The minimum absolute atomic E-state index is 0.0861. The molecule has 0 amide bonds. The summed E-state index contributed by atoms with van der Waals surface area (Å²) in [6, 6.07) is 0. The van der Waals surface area contributed by atoms with Gasteiger partial charge in [-0.1, -0.05) is 27.2 Å². The minimum atomic E-state index is -0.390. The molecule has 1 rings (SSSR count). The molecule has 3 heteroatoms. The van der Waals surface area contributed by atoms with Crippen LogP contribution in [0.5, 0.6) is 0 Å². The van der Waals surface area contributed by atoms with Gasteiger partial charge in [0.05, 0.1) is 6.61 Å². The molecule has 0 aromatic rings. The van der Waals surface area contributed by atoms with E-state index in [1.165, 1.54) is 32.5 Å². The van der Waals surface area contributed by atoms with Crippen LogP contribution in [0.25, 0.3) is 0 Å². The van der Waals surface area contributed by atoms with Crippen LogP contribution in [0.15, 0.2) is 0 Å². The van der Waals surface area contributed by atoms with Gasteiger partial charge in [-0.05, 0) is 50.6 Å². The van der Waals surface area contributed by atoms with E-state index in [4.69, 9.17) is 10.8 Å². The lowest BCUT2D eigenvalue weighted by atomic mass is 9.80. The number of likely N-dealkylation sites (tertiary alicyclic amines) is 1. The molecular formula is C15H32N2O. The number of nitrogens with two attached hydrogens (primary N) is 1. The van der Waals surface area contributed by atoms with E-state index in [0.717, 1.165) is 18.8 Å². The van der Waals surface area contributed by atoms with E-state index < -0.39 is 0 Å². The molecule has 0 saturated carbocycles. The Morgan fingerprint density at radius 3 is 2.39 bits per heavy atom. The molecule has 0 bridgehead atoms. The van der Waals surface area contributed by atoms with Crippen LogP contribution in [0.2, 0.25) is 0 Å². The lowest BCUT2D eigenvalue weighted by Crippen LogP contribution is -2.40. The number of hydrogen-bond acceptors (Lipinski definition) is 3. The number of aliphatic hydroxyl groups excluding tert-OH is 1. The van der Waals surface area contributed by atoms with E-state index in [1.807, 2.05) is 6.92 Å². The van der Waals surface area contributed by atoms with Gasteiger partial charge in [0, 0.05) is 12.1 Å². The fourth-order valence-electron chi connectivity index (χ4n) is 2.69. The van der Waals surface area contributed by atoms with Crippen molar-refractivity contribution in [2.45, 2.75) is 58.9 Å². The van der Waals surface area contributed by atoms with Crippen molar-refractivity contribution >= 4 is 0 Å². The number of hydrogen-bond donors (Lipinski definition) is 2. The van der Waals surface area contributed by atoms with Gasteiger partial charge in [-0.15, -0.1) is 0 Å². The molecule has 0 spiro atoms. The Hall–Kier alpha value is -0.120. The number of unbranched alkanes of at least 4 members (excludes halogenated alkanes) is 1. The average molecular weight is 256 g/mol. The van der Waals surface area contributed by atoms with Crippen LogP contribution < -0.4 is 5.73 Å². The van der Waals surface area contributed by atoms with Crippen molar-refractivity contribution in [1.82, 2.24) is 4.90 Å². The van der Waals surface area contributed by atoms with Gasteiger partial charge in [-0.25, -0.2) is 0 Å². The average Bonchev–Trinajstić information content (AvgIpc) is 2.73. The monoisotopic (exact) mass is 256 g/mol. The molecule has 2 unspecified atom stereocenters. The highest BCUT2D eigenvalue weighted by atomic mass is 16.3. The first kappa shape index (κ1) is 15.9. The number of aliphatic hydroxyl groups is 1. The van der Waals surface area contributed by atoms with Gasteiger partial charge in [0.15, 0.2) is 0 Å². The summed E-state index contributed by atoms with van der Waals surface area (Å²) < 4.78 is 0. The Balaban J connectivity index is 2.15. The maximum absolute atomic E-state index is 9.09. The van der Waals surface area contributed by atoms with E-state index in [1.54, 1.807) is 0 Å². The van der Waals surface area contributed by atoms with Gasteiger partial charge < -0.3 is 15.7 Å². The van der Waals surface area contributed by atoms with E-state index in [0.29, 0.717) is 5.41 Å². The molecule has 1 heterocycles. The summed E-state index contributed by atoms with van der Waals surface area (Å²) in [5, 5.41) is 9.09. The number of nitrogens with zero attached hydrogens (tertiary/aromatic N) is 1. The Kier molecular flexibility index (Phi) is 5.63. The van der Waals surface area contributed by atoms with Crippen molar-refractivity contribution in [3.8, 4) is 0 Å². The van der Waals surface area contributed by atoms with E-state index in [2.05, 4.69) is 25.7 Å². The summed E-state index contributed by atoms with van der Waals surface area (Å²) in [5.41, 5.74) is 5.98. The predicted octanol–water partition coefficient (Wildman–Crippen LogP) is 2.23. The Morgan fingerprint density at radius 2 is 1.89 bits per heavy atom. The summed E-state index contributed by atoms with van der Waals surface area (Å²) in [7, 11) is 0. The second kappa shape index (κ2) is 6.36. The molecule has 3 nitrogen and oxygen atoms in total. The van der Waals surface area contributed by atoms with Gasteiger partial charge in [0.2, 0.25) is 0 Å². The highest BCUT2D eigenvalue weighted by Crippen LogP contribution is 2.33. The molecule has 0 radical (unpaired) electrons. The molecule has 0 aromatic heterocycles. The number of rotatable bonds is 6. The lowest BCUT2D eigenvalue weighted by molar-refractivity contribution is 0.193. The van der Waals surface area contributed by atoms with Crippen molar-refractivity contribution in [3.63, 3.8) is 0 Å². The minimum Gasteiger partial charge on any atom is -0.394 e. The topological polar surface area (TPSA) is 49.5 Å². The molecule has 18 heavy (non-hydrogen) atoms. The smallest absolute Gasteiger partial charge is 0.0608 e. The highest BCUT2D eigenvalue weighted by molar-refractivity contribution is 4.84. The molecule has 1 fully saturated rings. The third-order valence-electron chi connectivity index (χ3n) is 4.33. The Bertz CT molecular complexity index is 245. The van der Waals surface area contributed by atoms with Gasteiger partial charge in [0.25, 0.3) is 0 Å². The predicted molar refractivity (Wildman–Crippen MR) is 77.5 cm³/mol. The zero-order valence-corrected chi connectivity index (χ0v) is 12.7. The van der Waals surface area contributed by atoms with E-state index >= 15 is 0 Å². The summed E-state index contributed by atoms with van der Waals surface area (Å²) in [4.78, 5) is 2.59. The zero-order chi connectivity index (χ0) is 13.8. The molecular weight excluding hydrogens is 224 g/mol. The molecule has 3 N–H and O–H groups in total. The molecule has 0 aromatic carbocycles. The van der Waals surface area contributed by atoms with Crippen molar-refractivity contribution in [1.29, 1.82) is 0 Å². The van der Waals surface area contributed by atoms with Crippen LogP contribution in [0.1, 0.15) is 53.4 Å². The molecule has 1 saturated heterocycles. The maximum Gasteiger partial charge on any atom is 0.0608 e. The quantitative estimate of drug-likeness (QED) is 0.717. The van der Waals surface area contributed by atoms with Crippen LogP contribution in [0.4, 0.5) is 0 Å². The first-order valence-electron chi connectivity index (χ1n) is 7.37. The lowest BCUT2D eigenvalue weighted by Gasteiger charge is -2.27. The van der Waals surface area contributed by atoms with Crippen LogP contribution in [-0.2, 0) is 0 Å². The van der Waals surface area contributed by atoms with Gasteiger partial charge in [-0.2, -0.15) is 0 Å². The standard InChI is InChI=1S/C15H32N2O/c1-14(2,3)13-7-10-17(11-13)9-6-5-8-15(4,16)12-18/h13,18H,5-12,16H2,1-4H3. The van der Waals surface area contributed by atoms with Crippen LogP contribution in [0, 0.1) is 11.3 Å². The van der Waals surface area contributed by atoms with Crippen LogP contribution in [-0.4, -0.2) is 41.8 Å². The Labute approximate surface area is 113 Å². The zero-order valence-electron chi connectivity index (χ0n) is 12.7. The van der Waals surface area contributed by atoms with Gasteiger partial charge in [0.1, 0.15) is 0 Å². The fourth-order valence-corrected chi connectivity index (χ4v) is 2.69. The van der Waals surface area contributed by atoms with Gasteiger partial charge >= 0.3 is 0 Å². The van der Waals surface area contributed by atoms with Crippen molar-refractivity contribution in [3.05, 3.63) is 0 Å². The van der Waals surface area contributed by atoms with Crippen molar-refractivity contribution in [2.75, 3.05) is 26.2 Å². The van der Waals surface area contributed by atoms with Crippen LogP contribution >= 0.6 is 0 Å². The van der Waals surface area contributed by atoms with Crippen molar-refractivity contribution < 1.29 is 5.11 Å². The summed E-state index contributed by atoms with van der Waals surface area (Å²) >= 11 is 0. The van der Waals surface area contributed by atoms with E-state index in [9.17, 15) is 0 Å². The first-order chi connectivity index (χ1) is 8.24. The second-order valence-corrected chi connectivity index (χ2v) is 7.42. The second-order valence-electron chi connectivity index (χ2n) is 7.42. The van der Waals surface area contributed by atoms with Gasteiger partial charge in [-0.3, -0.25) is 0 Å². The first-order valence-corrected chi connectivity index (χ1v) is 7.37. The molecule has 108 valence electrons.